The van der Waals surface area contributed by atoms with Crippen molar-refractivity contribution in [2.24, 2.45) is 5.92 Å². The molecule has 9 heteroatoms. The van der Waals surface area contributed by atoms with E-state index in [4.69, 9.17) is 4.74 Å². The Kier molecular flexibility index (Phi) is 5.75. The predicted molar refractivity (Wildman–Crippen MR) is 126 cm³/mol. The molecule has 0 radical (unpaired) electrons. The molecule has 3 aromatic heterocycles. The molecule has 5 rings (SSSR count). The molecular formula is C22H23N3O3S3. The first-order valence-electron chi connectivity index (χ1n) is 10.5. The molecule has 1 N–H and O–H groups in total. The van der Waals surface area contributed by atoms with Crippen LogP contribution >= 0.6 is 34.4 Å². The number of aryl methyl sites for hydroxylation is 2. The van der Waals surface area contributed by atoms with Crippen LogP contribution in [-0.2, 0) is 35.2 Å². The summed E-state index contributed by atoms with van der Waals surface area (Å²) in [6.07, 6.45) is 7.77. The number of thiophene rings is 2. The molecular weight excluding hydrogens is 450 g/mol. The summed E-state index contributed by atoms with van der Waals surface area (Å²) in [6.45, 7) is 2.22. The lowest BCUT2D eigenvalue weighted by molar-refractivity contribution is -0.113. The molecule has 3 heterocycles. The average molecular weight is 474 g/mol. The summed E-state index contributed by atoms with van der Waals surface area (Å²) in [7, 11) is 1.39. The van der Waals surface area contributed by atoms with E-state index in [-0.39, 0.29) is 17.6 Å². The molecule has 0 unspecified atom stereocenters. The quantitative estimate of drug-likeness (QED) is 0.323. The maximum Gasteiger partial charge on any atom is 0.341 e. The van der Waals surface area contributed by atoms with Crippen LogP contribution in [0.15, 0.2) is 11.4 Å². The zero-order valence-corrected chi connectivity index (χ0v) is 19.9. The van der Waals surface area contributed by atoms with Gasteiger partial charge in [0, 0.05) is 15.1 Å². The molecule has 0 aliphatic heterocycles. The number of thioether (sulfide) groups is 1. The second-order valence-corrected chi connectivity index (χ2v) is 11.3. The molecule has 162 valence electrons. The van der Waals surface area contributed by atoms with E-state index >= 15 is 0 Å². The first kappa shape index (κ1) is 20.9. The lowest BCUT2D eigenvalue weighted by Crippen LogP contribution is -2.17. The zero-order valence-electron chi connectivity index (χ0n) is 17.4. The van der Waals surface area contributed by atoms with Crippen LogP contribution in [0.25, 0.3) is 10.2 Å². The third-order valence-electron chi connectivity index (χ3n) is 5.96. The number of anilines is 1. The van der Waals surface area contributed by atoms with Crippen molar-refractivity contribution in [2.45, 2.75) is 50.5 Å². The standard InChI is InChI=1S/C22H23N3O3S3/c1-11-6-7-13-15(8-11)31-21(18(13)22(27)28-2)25-16(26)9-29-19-17-12-4-3-5-14(12)30-20(17)24-10-23-19/h10-11H,3-9H2,1-2H3,(H,25,26)/t11-/m0/s1. The third kappa shape index (κ3) is 3.87. The Morgan fingerprint density at radius 1 is 1.19 bits per heavy atom. The van der Waals surface area contributed by atoms with Crippen LogP contribution in [0.1, 0.15) is 51.0 Å². The molecule has 0 bridgehead atoms. The number of nitrogens with one attached hydrogen (secondary N) is 1. The highest BCUT2D eigenvalue weighted by molar-refractivity contribution is 8.00. The fourth-order valence-corrected chi connectivity index (χ4v) is 8.00. The van der Waals surface area contributed by atoms with Crippen LogP contribution in [0.4, 0.5) is 5.00 Å². The van der Waals surface area contributed by atoms with Crippen molar-refractivity contribution < 1.29 is 14.3 Å². The number of aromatic nitrogens is 2. The van der Waals surface area contributed by atoms with E-state index in [0.29, 0.717) is 16.5 Å². The van der Waals surface area contributed by atoms with Crippen molar-refractivity contribution in [3.8, 4) is 0 Å². The molecule has 0 saturated heterocycles. The summed E-state index contributed by atoms with van der Waals surface area (Å²) in [5.74, 6) is 0.307. The van der Waals surface area contributed by atoms with Crippen LogP contribution in [0, 0.1) is 5.92 Å². The molecule has 2 aliphatic rings. The fourth-order valence-electron chi connectivity index (χ4n) is 4.46. The number of nitrogens with zero attached hydrogens (tertiary/aromatic N) is 2. The van der Waals surface area contributed by atoms with Crippen molar-refractivity contribution in [3.63, 3.8) is 0 Å². The fraction of sp³-hybridized carbons (Fsp3) is 0.455. The van der Waals surface area contributed by atoms with Gasteiger partial charge in [-0.1, -0.05) is 18.7 Å². The topological polar surface area (TPSA) is 81.2 Å². The highest BCUT2D eigenvalue weighted by Gasteiger charge is 2.29. The van der Waals surface area contributed by atoms with Gasteiger partial charge in [0.25, 0.3) is 0 Å². The van der Waals surface area contributed by atoms with Gasteiger partial charge in [0.1, 0.15) is 21.2 Å². The van der Waals surface area contributed by atoms with E-state index in [9.17, 15) is 9.59 Å². The molecule has 6 nitrogen and oxygen atoms in total. The van der Waals surface area contributed by atoms with Crippen LogP contribution in [-0.4, -0.2) is 34.7 Å². The number of esters is 1. The number of carbonyl (C=O) groups is 2. The summed E-state index contributed by atoms with van der Waals surface area (Å²) >= 11 is 4.69. The molecule has 1 atom stereocenters. The number of ether oxygens (including phenoxy) is 1. The van der Waals surface area contributed by atoms with Gasteiger partial charge in [-0.2, -0.15) is 0 Å². The zero-order chi connectivity index (χ0) is 21.5. The van der Waals surface area contributed by atoms with Gasteiger partial charge < -0.3 is 10.1 Å². The summed E-state index contributed by atoms with van der Waals surface area (Å²) < 4.78 is 5.02. The van der Waals surface area contributed by atoms with E-state index in [1.54, 1.807) is 17.7 Å². The molecule has 1 amide bonds. The van der Waals surface area contributed by atoms with E-state index in [1.807, 2.05) is 0 Å². The smallest absolute Gasteiger partial charge is 0.341 e. The normalized spacial score (nSPS) is 17.4. The Morgan fingerprint density at radius 2 is 2.06 bits per heavy atom. The van der Waals surface area contributed by atoms with E-state index < -0.39 is 0 Å². The largest absolute Gasteiger partial charge is 0.465 e. The van der Waals surface area contributed by atoms with E-state index in [0.717, 1.165) is 52.9 Å². The van der Waals surface area contributed by atoms with Crippen molar-refractivity contribution in [1.29, 1.82) is 0 Å². The highest BCUT2D eigenvalue weighted by atomic mass is 32.2. The van der Waals surface area contributed by atoms with Crippen molar-refractivity contribution in [3.05, 3.63) is 32.8 Å². The Bertz CT molecular complexity index is 1180. The minimum Gasteiger partial charge on any atom is -0.465 e. The van der Waals surface area contributed by atoms with Gasteiger partial charge in [-0.3, -0.25) is 4.79 Å². The minimum absolute atomic E-state index is 0.138. The van der Waals surface area contributed by atoms with Gasteiger partial charge in [0.15, 0.2) is 0 Å². The van der Waals surface area contributed by atoms with E-state index in [1.165, 1.54) is 51.9 Å². The minimum atomic E-state index is -0.374. The number of rotatable bonds is 5. The van der Waals surface area contributed by atoms with Crippen molar-refractivity contribution in [2.75, 3.05) is 18.2 Å². The van der Waals surface area contributed by atoms with Crippen LogP contribution in [0.2, 0.25) is 0 Å². The number of amides is 1. The first-order chi connectivity index (χ1) is 15.0. The molecule has 0 saturated carbocycles. The van der Waals surface area contributed by atoms with Crippen LogP contribution < -0.4 is 5.32 Å². The number of hydrogen-bond acceptors (Lipinski definition) is 8. The van der Waals surface area contributed by atoms with Crippen LogP contribution in [0.3, 0.4) is 0 Å². The second kappa shape index (κ2) is 8.52. The Balaban J connectivity index is 1.35. The maximum atomic E-state index is 12.8. The molecule has 3 aromatic rings. The van der Waals surface area contributed by atoms with Crippen molar-refractivity contribution in [1.82, 2.24) is 9.97 Å². The summed E-state index contributed by atoms with van der Waals surface area (Å²) in [6, 6.07) is 0. The molecule has 0 spiro atoms. The lowest BCUT2D eigenvalue weighted by atomic mass is 9.88. The van der Waals surface area contributed by atoms with Gasteiger partial charge in [-0.15, -0.1) is 22.7 Å². The van der Waals surface area contributed by atoms with E-state index in [2.05, 4.69) is 22.2 Å². The SMILES string of the molecule is COC(=O)c1c(NC(=O)CSc2ncnc3sc4c(c23)CCC4)sc2c1CC[C@H](C)C2. The van der Waals surface area contributed by atoms with Crippen LogP contribution in [0.5, 0.6) is 0 Å². The molecule has 31 heavy (non-hydrogen) atoms. The highest BCUT2D eigenvalue weighted by Crippen LogP contribution is 2.41. The average Bonchev–Trinajstić information content (AvgIpc) is 3.43. The summed E-state index contributed by atoms with van der Waals surface area (Å²) in [5, 5.41) is 5.58. The first-order valence-corrected chi connectivity index (χ1v) is 13.1. The Labute approximate surface area is 192 Å². The number of carbonyl (C=O) groups excluding carboxylic acids is 2. The van der Waals surface area contributed by atoms with Gasteiger partial charge >= 0.3 is 5.97 Å². The van der Waals surface area contributed by atoms with Gasteiger partial charge in [-0.25, -0.2) is 14.8 Å². The molecule has 0 fully saturated rings. The number of fused-ring (bicyclic) bond motifs is 4. The maximum absolute atomic E-state index is 12.8. The lowest BCUT2D eigenvalue weighted by Gasteiger charge is -2.18. The third-order valence-corrected chi connectivity index (χ3v) is 9.32. The number of hydrogen-bond donors (Lipinski definition) is 1. The Hall–Kier alpha value is -1.97. The monoisotopic (exact) mass is 473 g/mol. The van der Waals surface area contributed by atoms with Gasteiger partial charge in [0.05, 0.1) is 18.4 Å². The number of methoxy groups -OCH3 is 1. The molecule has 0 aromatic carbocycles. The predicted octanol–water partition coefficient (Wildman–Crippen LogP) is 4.88. The summed E-state index contributed by atoms with van der Waals surface area (Å²) in [5.41, 5.74) is 2.94. The van der Waals surface area contributed by atoms with Gasteiger partial charge in [0.2, 0.25) is 5.91 Å². The molecule has 2 aliphatic carbocycles. The Morgan fingerprint density at radius 3 is 2.90 bits per heavy atom. The van der Waals surface area contributed by atoms with Crippen molar-refractivity contribution >= 4 is 61.5 Å². The van der Waals surface area contributed by atoms with Gasteiger partial charge in [-0.05, 0) is 55.6 Å². The summed E-state index contributed by atoms with van der Waals surface area (Å²) in [4.78, 5) is 37.8. The second-order valence-electron chi connectivity index (χ2n) is 8.10.